The van der Waals surface area contributed by atoms with Gasteiger partial charge in [-0.1, -0.05) is 37.6 Å². The summed E-state index contributed by atoms with van der Waals surface area (Å²) in [5, 5.41) is 0.190. The first kappa shape index (κ1) is 12.5. The number of benzene rings is 1. The maximum absolute atomic E-state index is 13.2. The minimum atomic E-state index is -0.381. The van der Waals surface area contributed by atoms with Crippen LogP contribution in [0, 0.1) is 11.7 Å². The van der Waals surface area contributed by atoms with Crippen LogP contribution >= 0.6 is 11.6 Å². The van der Waals surface area contributed by atoms with Crippen molar-refractivity contribution in [3.63, 3.8) is 0 Å². The Morgan fingerprint density at radius 2 is 2.07 bits per heavy atom. The van der Waals surface area contributed by atoms with Gasteiger partial charge in [-0.3, -0.25) is 0 Å². The zero-order chi connectivity index (χ0) is 11.6. The summed E-state index contributed by atoms with van der Waals surface area (Å²) in [6, 6.07) is 4.83. The van der Waals surface area contributed by atoms with E-state index in [9.17, 15) is 4.39 Å². The van der Waals surface area contributed by atoms with Crippen LogP contribution in [0.5, 0.6) is 0 Å². The van der Waals surface area contributed by atoms with Crippen molar-refractivity contribution in [3.8, 4) is 0 Å². The third-order valence-corrected chi connectivity index (χ3v) is 3.35. The van der Waals surface area contributed by atoms with Crippen molar-refractivity contribution in [3.05, 3.63) is 34.6 Å². The number of hydrogen-bond acceptors (Lipinski definition) is 1. The average molecular weight is 230 g/mol. The molecule has 84 valence electrons. The first-order valence-electron chi connectivity index (χ1n) is 5.06. The highest BCUT2D eigenvalue weighted by Crippen LogP contribution is 2.26. The molecule has 0 saturated heterocycles. The van der Waals surface area contributed by atoms with Gasteiger partial charge >= 0.3 is 0 Å². The molecule has 0 aliphatic heterocycles. The van der Waals surface area contributed by atoms with Crippen molar-refractivity contribution in [1.82, 2.24) is 0 Å². The molecule has 0 aromatic heterocycles. The Morgan fingerprint density at radius 1 is 1.47 bits per heavy atom. The second kappa shape index (κ2) is 4.50. The molecular formula is C12H17ClFN. The maximum atomic E-state index is 13.2. The van der Waals surface area contributed by atoms with Gasteiger partial charge in [-0.2, -0.15) is 0 Å². The van der Waals surface area contributed by atoms with E-state index >= 15 is 0 Å². The van der Waals surface area contributed by atoms with Gasteiger partial charge in [-0.05, 0) is 30.9 Å². The molecule has 1 nitrogen and oxygen atoms in total. The fourth-order valence-electron chi connectivity index (χ4n) is 1.30. The van der Waals surface area contributed by atoms with Crippen LogP contribution in [-0.4, -0.2) is 5.54 Å². The van der Waals surface area contributed by atoms with Crippen LogP contribution in [0.15, 0.2) is 18.2 Å². The number of halogens is 2. The molecule has 0 radical (unpaired) electrons. The molecule has 0 amide bonds. The fraction of sp³-hybridized carbons (Fsp3) is 0.500. The molecule has 0 fully saturated rings. The Balaban J connectivity index is 2.95. The Labute approximate surface area is 95.4 Å². The predicted molar refractivity (Wildman–Crippen MR) is 62.5 cm³/mol. The maximum Gasteiger partial charge on any atom is 0.142 e. The lowest BCUT2D eigenvalue weighted by atomic mass is 9.84. The van der Waals surface area contributed by atoms with Crippen molar-refractivity contribution < 1.29 is 4.39 Å². The Morgan fingerprint density at radius 3 is 2.60 bits per heavy atom. The monoisotopic (exact) mass is 229 g/mol. The molecule has 1 unspecified atom stereocenters. The first-order chi connectivity index (χ1) is 6.84. The fourth-order valence-corrected chi connectivity index (χ4v) is 1.49. The second-order valence-corrected chi connectivity index (χ2v) is 4.93. The lowest BCUT2D eigenvalue weighted by molar-refractivity contribution is 0.337. The Bertz CT molecular complexity index is 347. The van der Waals surface area contributed by atoms with Gasteiger partial charge in [0.25, 0.3) is 0 Å². The van der Waals surface area contributed by atoms with Gasteiger partial charge in [0.05, 0.1) is 5.02 Å². The number of hydrogen-bond donors (Lipinski definition) is 1. The van der Waals surface area contributed by atoms with Crippen molar-refractivity contribution in [1.29, 1.82) is 0 Å². The molecule has 1 rings (SSSR count). The van der Waals surface area contributed by atoms with Crippen molar-refractivity contribution >= 4 is 11.6 Å². The smallest absolute Gasteiger partial charge is 0.142 e. The van der Waals surface area contributed by atoms with E-state index in [1.54, 1.807) is 6.07 Å². The molecule has 1 aromatic rings. The average Bonchev–Trinajstić information content (AvgIpc) is 2.12. The van der Waals surface area contributed by atoms with Gasteiger partial charge < -0.3 is 5.73 Å². The van der Waals surface area contributed by atoms with E-state index in [2.05, 4.69) is 0 Å². The zero-order valence-corrected chi connectivity index (χ0v) is 10.1. The Kier molecular flexibility index (Phi) is 3.74. The SMILES string of the molecule is CC(C)C(C)(N)Cc1cccc(F)c1Cl. The van der Waals surface area contributed by atoms with Crippen molar-refractivity contribution in [2.45, 2.75) is 32.7 Å². The zero-order valence-electron chi connectivity index (χ0n) is 9.35. The van der Waals surface area contributed by atoms with Crippen LogP contribution in [0.2, 0.25) is 5.02 Å². The van der Waals surface area contributed by atoms with Crippen LogP contribution in [0.1, 0.15) is 26.3 Å². The van der Waals surface area contributed by atoms with E-state index in [1.807, 2.05) is 26.8 Å². The highest BCUT2D eigenvalue weighted by molar-refractivity contribution is 6.31. The summed E-state index contributed by atoms with van der Waals surface area (Å²) in [6.07, 6.45) is 0.585. The molecule has 0 spiro atoms. The molecule has 3 heteroatoms. The molecule has 0 saturated carbocycles. The molecule has 1 aromatic carbocycles. The number of rotatable bonds is 3. The first-order valence-corrected chi connectivity index (χ1v) is 5.44. The van der Waals surface area contributed by atoms with E-state index in [1.165, 1.54) is 6.07 Å². The van der Waals surface area contributed by atoms with Gasteiger partial charge in [0.1, 0.15) is 5.82 Å². The van der Waals surface area contributed by atoms with Gasteiger partial charge in [-0.25, -0.2) is 4.39 Å². The summed E-state index contributed by atoms with van der Waals surface area (Å²) in [7, 11) is 0. The van der Waals surface area contributed by atoms with Crippen molar-refractivity contribution in [2.24, 2.45) is 11.7 Å². The highest BCUT2D eigenvalue weighted by atomic mass is 35.5. The third kappa shape index (κ3) is 2.93. The topological polar surface area (TPSA) is 26.0 Å². The van der Waals surface area contributed by atoms with Crippen LogP contribution in [0.25, 0.3) is 0 Å². The highest BCUT2D eigenvalue weighted by Gasteiger charge is 2.24. The van der Waals surface area contributed by atoms with E-state index in [4.69, 9.17) is 17.3 Å². The molecule has 0 bridgehead atoms. The molecule has 15 heavy (non-hydrogen) atoms. The Hall–Kier alpha value is -0.600. The minimum absolute atomic E-state index is 0.190. The summed E-state index contributed by atoms with van der Waals surface area (Å²) >= 11 is 5.87. The summed E-state index contributed by atoms with van der Waals surface area (Å²) in [5.74, 6) is -0.0643. The van der Waals surface area contributed by atoms with Crippen molar-refractivity contribution in [2.75, 3.05) is 0 Å². The summed E-state index contributed by atoms with van der Waals surface area (Å²) in [5.41, 5.74) is 6.54. The lowest BCUT2D eigenvalue weighted by Gasteiger charge is -2.29. The van der Waals surface area contributed by atoms with Gasteiger partial charge in [-0.15, -0.1) is 0 Å². The predicted octanol–water partition coefficient (Wildman–Crippen LogP) is 3.40. The summed E-state index contributed by atoms with van der Waals surface area (Å²) in [6.45, 7) is 6.05. The standard InChI is InChI=1S/C12H17ClFN/c1-8(2)12(3,15)7-9-5-4-6-10(14)11(9)13/h4-6,8H,7,15H2,1-3H3. The van der Waals surface area contributed by atoms with Crippen LogP contribution < -0.4 is 5.73 Å². The van der Waals surface area contributed by atoms with Crippen LogP contribution in [0.4, 0.5) is 4.39 Å². The minimum Gasteiger partial charge on any atom is -0.325 e. The molecular weight excluding hydrogens is 213 g/mol. The van der Waals surface area contributed by atoms with E-state index in [-0.39, 0.29) is 16.4 Å². The quantitative estimate of drug-likeness (QED) is 0.845. The molecule has 1 atom stereocenters. The second-order valence-electron chi connectivity index (χ2n) is 4.55. The number of nitrogens with two attached hydrogens (primary N) is 1. The van der Waals surface area contributed by atoms with Crippen LogP contribution in [0.3, 0.4) is 0 Å². The van der Waals surface area contributed by atoms with Gasteiger partial charge in [0.15, 0.2) is 0 Å². The molecule has 0 aliphatic carbocycles. The normalized spacial score (nSPS) is 15.4. The van der Waals surface area contributed by atoms with Crippen LogP contribution in [-0.2, 0) is 6.42 Å². The third-order valence-electron chi connectivity index (χ3n) is 2.92. The summed E-state index contributed by atoms with van der Waals surface area (Å²) < 4.78 is 13.2. The molecule has 0 heterocycles. The van der Waals surface area contributed by atoms with E-state index in [0.717, 1.165) is 5.56 Å². The molecule has 2 N–H and O–H groups in total. The largest absolute Gasteiger partial charge is 0.325 e. The summed E-state index contributed by atoms with van der Waals surface area (Å²) in [4.78, 5) is 0. The van der Waals surface area contributed by atoms with Gasteiger partial charge in [0.2, 0.25) is 0 Å². The molecule has 0 aliphatic rings. The van der Waals surface area contributed by atoms with Gasteiger partial charge in [0, 0.05) is 5.54 Å². The van der Waals surface area contributed by atoms with E-state index in [0.29, 0.717) is 12.3 Å². The van der Waals surface area contributed by atoms with E-state index < -0.39 is 0 Å². The lowest BCUT2D eigenvalue weighted by Crippen LogP contribution is -2.43.